The van der Waals surface area contributed by atoms with E-state index in [0.717, 1.165) is 54.9 Å². The van der Waals surface area contributed by atoms with Crippen molar-refractivity contribution in [3.05, 3.63) is 132 Å². The number of esters is 1. The minimum absolute atomic E-state index is 0.172. The van der Waals surface area contributed by atoms with Crippen molar-refractivity contribution in [2.24, 2.45) is 16.9 Å². The van der Waals surface area contributed by atoms with Gasteiger partial charge in [-0.1, -0.05) is 6.92 Å². The molecule has 4 saturated heterocycles. The summed E-state index contributed by atoms with van der Waals surface area (Å²) in [5, 5.41) is 78.7. The maximum atomic E-state index is 12.9. The number of aliphatic hydroxyl groups is 7. The van der Waals surface area contributed by atoms with Crippen LogP contribution in [0.1, 0.15) is 84.7 Å². The van der Waals surface area contributed by atoms with Crippen LogP contribution in [0.2, 0.25) is 0 Å². The van der Waals surface area contributed by atoms with E-state index in [4.69, 9.17) is 54.1 Å². The Morgan fingerprint density at radius 1 is 0.466 bits per heavy atom. The van der Waals surface area contributed by atoms with Gasteiger partial charge >= 0.3 is 41.1 Å². The van der Waals surface area contributed by atoms with Gasteiger partial charge in [-0.15, -0.1) is 0 Å². The number of carbonyl (C=O) groups is 7. The van der Waals surface area contributed by atoms with Gasteiger partial charge in [0.05, 0.1) is 31.3 Å². The van der Waals surface area contributed by atoms with Gasteiger partial charge in [0.1, 0.15) is 93.6 Å². The van der Waals surface area contributed by atoms with Gasteiger partial charge in [-0.2, -0.15) is 26.3 Å². The average molecular weight is 1680 g/mol. The van der Waals surface area contributed by atoms with Crippen molar-refractivity contribution in [1.29, 1.82) is 0 Å². The summed E-state index contributed by atoms with van der Waals surface area (Å²) in [4.78, 5) is 181. The van der Waals surface area contributed by atoms with Crippen molar-refractivity contribution in [3.8, 4) is 0 Å². The van der Waals surface area contributed by atoms with Gasteiger partial charge in [-0.05, 0) is 40.0 Å². The molecule has 18 N–H and O–H groups in total. The zero-order valence-corrected chi connectivity index (χ0v) is 62.4. The van der Waals surface area contributed by atoms with E-state index < -0.39 is 268 Å². The van der Waals surface area contributed by atoms with Gasteiger partial charge < -0.3 is 111 Å². The number of aliphatic hydroxyl groups excluding tert-OH is 7. The number of carbonyl (C=O) groups excluding carboxylic acids is 7. The second-order valence-electron chi connectivity index (χ2n) is 26.4. The second kappa shape index (κ2) is 45.1. The van der Waals surface area contributed by atoms with Crippen molar-refractivity contribution >= 4 is 41.2 Å². The van der Waals surface area contributed by atoms with Gasteiger partial charge in [-0.3, -0.25) is 86.0 Å². The number of hydrogen-bond donors (Lipinski definition) is 16. The standard InChI is InChI=1S/C19H30N4O9.C17H22F3N3O7.C16H20F3N3O8.C13H20N4O7/c1-19(2,3)17(28)31-10-23-13(26)4-7-22(18(23)29)16-15(14(27)11(8-24)32-16)30-9-12(25)21-6-5-20;1-2-9-13(27)14(15(30-9)23-7-5-11(25)22-16(23)28)29-8-12(26)21-6-3-4-10(24)17(18,19)20;17-16(18,19)9(24)2-1-4-20-11(26)7-29-13-12(27)8(6-23)30-14(13)22-5-3-10(25)21-15(22)28;14-2-3-15-9(20)6-23-11-10(21)7(5-18)24-12(11)17-4-1-8(19)16-13(17)22/h4,7,11,14-16,24,27H,5-6,8-10,20H2,1-3H3,(H,21,25);5,7,9,13-15,27H,2-4,6,8H2,1H3,(H,21,26)(H,22,25,28);3,5,8,12-14,23,27H,1-2,4,6-7H2,(H,20,26)(H,21,25,28);1,4,7,10-12,18,21H,2-3,5-6,14H2,(H,15,20)(H,16,19,22)/t11-,14?,15+,16-;9-,13?,14+,15-;8-,12?,13+,14-;7-,10?,11+,12-/m1111/s1. The molecule has 4 fully saturated rings. The number of aromatic amines is 3. The molecular weight excluding hydrogens is 1590 g/mol. The van der Waals surface area contributed by atoms with Gasteiger partial charge in [0.2, 0.25) is 35.2 Å². The Balaban J connectivity index is 0.000000277. The van der Waals surface area contributed by atoms with Crippen LogP contribution in [0.15, 0.2) is 87.4 Å². The zero-order valence-electron chi connectivity index (χ0n) is 62.4. The van der Waals surface area contributed by atoms with E-state index in [0.29, 0.717) is 11.0 Å². The molecule has 4 aliphatic heterocycles. The lowest BCUT2D eigenvalue weighted by molar-refractivity contribution is -0.171. The molecule has 0 radical (unpaired) electrons. The quantitative estimate of drug-likeness (QED) is 0.0117. The molecule has 4 aromatic heterocycles. The summed E-state index contributed by atoms with van der Waals surface area (Å²) in [5.41, 5.74) is 3.83. The van der Waals surface area contributed by atoms with E-state index in [1.165, 1.54) is 12.4 Å². The van der Waals surface area contributed by atoms with Crippen molar-refractivity contribution < 1.29 is 138 Å². The molecule has 8 heterocycles. The summed E-state index contributed by atoms with van der Waals surface area (Å²) in [6.07, 6.45) is -25.4. The highest BCUT2D eigenvalue weighted by molar-refractivity contribution is 5.84. The fourth-order valence-electron chi connectivity index (χ4n) is 10.9. The summed E-state index contributed by atoms with van der Waals surface area (Å²) in [6, 6.07) is 4.27. The molecule has 0 spiro atoms. The Morgan fingerprint density at radius 3 is 1.04 bits per heavy atom. The molecule has 116 heavy (non-hydrogen) atoms. The minimum Gasteiger partial charge on any atom is -0.443 e. The first-order chi connectivity index (χ1) is 54.6. The molecule has 0 aromatic carbocycles. The average Bonchev–Trinajstić information content (AvgIpc) is 1.64. The number of aromatic nitrogens is 8. The summed E-state index contributed by atoms with van der Waals surface area (Å²) in [6.45, 7) is 2.82. The maximum absolute atomic E-state index is 12.9. The van der Waals surface area contributed by atoms with Crippen LogP contribution in [0, 0.1) is 5.41 Å². The number of ketones is 2. The van der Waals surface area contributed by atoms with E-state index >= 15 is 0 Å². The van der Waals surface area contributed by atoms with Crippen LogP contribution >= 0.6 is 0 Å². The first-order valence-electron chi connectivity index (χ1n) is 35.3. The largest absolute Gasteiger partial charge is 0.449 e. The summed E-state index contributed by atoms with van der Waals surface area (Å²) in [7, 11) is 0. The monoisotopic (exact) mass is 1680 g/mol. The third-order valence-electron chi connectivity index (χ3n) is 16.9. The van der Waals surface area contributed by atoms with Gasteiger partial charge in [-0.25, -0.2) is 23.7 Å². The van der Waals surface area contributed by atoms with Crippen molar-refractivity contribution in [2.45, 2.75) is 177 Å². The fraction of sp³-hybridized carbons (Fsp3) is 0.646. The predicted molar refractivity (Wildman–Crippen MR) is 375 cm³/mol. The molecule has 16 atom stereocenters. The lowest BCUT2D eigenvalue weighted by Crippen LogP contribution is -2.45. The number of nitrogens with two attached hydrogens (primary N) is 2. The van der Waals surface area contributed by atoms with Crippen LogP contribution in [0.25, 0.3) is 0 Å². The van der Waals surface area contributed by atoms with Crippen molar-refractivity contribution in [1.82, 2.24) is 59.1 Å². The van der Waals surface area contributed by atoms with E-state index in [2.05, 4.69) is 31.2 Å². The van der Waals surface area contributed by atoms with E-state index in [1.807, 2.05) is 4.98 Å². The number of hydrogen-bond acceptors (Lipinski definition) is 33. The smallest absolute Gasteiger partial charge is 0.443 e. The minimum atomic E-state index is -4.93. The topological polar surface area (TPSA) is 653 Å². The maximum Gasteiger partial charge on any atom is 0.449 e. The van der Waals surface area contributed by atoms with E-state index in [9.17, 15) is 134 Å². The molecule has 45 nitrogen and oxygen atoms in total. The number of amides is 4. The Kier molecular flexibility index (Phi) is 37.7. The lowest BCUT2D eigenvalue weighted by Gasteiger charge is -2.23. The molecule has 650 valence electrons. The summed E-state index contributed by atoms with van der Waals surface area (Å²) >= 11 is 0. The zero-order chi connectivity index (χ0) is 86.7. The second-order valence-corrected chi connectivity index (χ2v) is 26.4. The molecule has 51 heteroatoms. The molecule has 4 unspecified atom stereocenters. The number of Topliss-reactive ketones (excluding diaryl/α,β-unsaturated/α-hetero) is 2. The molecule has 4 aliphatic rings. The Bertz CT molecular complexity index is 4290. The van der Waals surface area contributed by atoms with Crippen LogP contribution in [-0.2, 0) is 82.9 Å². The summed E-state index contributed by atoms with van der Waals surface area (Å²) < 4.78 is 126. The highest BCUT2D eigenvalue weighted by atomic mass is 19.4. The van der Waals surface area contributed by atoms with Crippen LogP contribution in [-0.4, -0.2) is 286 Å². The molecule has 4 aromatic rings. The van der Waals surface area contributed by atoms with Gasteiger partial charge in [0, 0.05) is 101 Å². The number of nitrogens with zero attached hydrogens (tertiary/aromatic N) is 5. The highest BCUT2D eigenvalue weighted by Crippen LogP contribution is 2.35. The Labute approximate surface area is 648 Å². The third-order valence-corrected chi connectivity index (χ3v) is 16.9. The first kappa shape index (κ1) is 96.9. The normalized spacial score (nSPS) is 24.3. The van der Waals surface area contributed by atoms with Gasteiger partial charge in [0.25, 0.3) is 22.2 Å². The van der Waals surface area contributed by atoms with Crippen molar-refractivity contribution in [3.63, 3.8) is 0 Å². The lowest BCUT2D eigenvalue weighted by atomic mass is 9.98. The number of halogens is 6. The fourth-order valence-corrected chi connectivity index (χ4v) is 10.9. The SMILES string of the molecule is CC(C)(C)C(=O)OCn1c(=O)ccn([C@@H]2O[C@H](CO)C(O)[C@@H]2OCC(=O)NCCN)c1=O.CC[C@H]1O[C@@H](n2ccc(=O)[nH]c2=O)[C@@H](OCC(=O)NCCCC(=O)C(F)(F)F)C1O.NCCNC(=O)CO[C@H]1C(O)[C@@H](CO)O[C@H]1n1ccc(=O)[nH]c1=O.O=C(CO[C@H]1C(O)[C@@H](CO)O[C@H]1n1ccc(=O)[nH]c1=O)NCCCC(=O)C(F)(F)F. The van der Waals surface area contributed by atoms with E-state index in [1.54, 1.807) is 27.7 Å². The highest BCUT2D eigenvalue weighted by Gasteiger charge is 2.50. The number of alkyl halides is 6. The molecular formula is C65H92F6N14O31. The van der Waals surface area contributed by atoms with Crippen LogP contribution in [0.5, 0.6) is 0 Å². The number of rotatable bonds is 34. The van der Waals surface area contributed by atoms with Crippen LogP contribution in [0.3, 0.4) is 0 Å². The first-order valence-corrected chi connectivity index (χ1v) is 35.3. The molecule has 0 bridgehead atoms. The van der Waals surface area contributed by atoms with E-state index in [-0.39, 0.29) is 52.1 Å². The molecule has 8 rings (SSSR count). The molecule has 0 saturated carbocycles. The number of H-pyrrole nitrogens is 3. The number of ether oxygens (including phenoxy) is 9. The number of nitrogens with one attached hydrogen (secondary N) is 7. The summed E-state index contributed by atoms with van der Waals surface area (Å²) in [5.74, 6) is -6.77. The van der Waals surface area contributed by atoms with Gasteiger partial charge in [0.15, 0.2) is 31.6 Å². The molecule has 4 amide bonds. The predicted octanol–water partition coefficient (Wildman–Crippen LogP) is -8.67. The third kappa shape index (κ3) is 28.0. The van der Waals surface area contributed by atoms with Crippen LogP contribution in [0.4, 0.5) is 26.3 Å². The Hall–Kier alpha value is -9.69. The Morgan fingerprint density at radius 2 is 0.759 bits per heavy atom. The molecule has 0 aliphatic carbocycles. The van der Waals surface area contributed by atoms with Crippen LogP contribution < -0.4 is 77.7 Å². The van der Waals surface area contributed by atoms with Crippen molar-refractivity contribution in [2.75, 3.05) is 85.5 Å².